The van der Waals surface area contributed by atoms with Gasteiger partial charge in [0.15, 0.2) is 0 Å². The summed E-state index contributed by atoms with van der Waals surface area (Å²) in [6, 6.07) is 15.2. The van der Waals surface area contributed by atoms with Crippen LogP contribution in [0.3, 0.4) is 0 Å². The molecule has 1 N–H and O–H groups in total. The Morgan fingerprint density at radius 2 is 1.88 bits per heavy atom. The molecule has 0 aliphatic carbocycles. The van der Waals surface area contributed by atoms with Crippen LogP contribution in [0.5, 0.6) is 0 Å². The van der Waals surface area contributed by atoms with E-state index in [2.05, 4.69) is 10.4 Å². The van der Waals surface area contributed by atoms with Gasteiger partial charge in [-0.15, -0.1) is 0 Å². The summed E-state index contributed by atoms with van der Waals surface area (Å²) >= 11 is 5.77. The normalized spacial score (nSPS) is 11.1. The van der Waals surface area contributed by atoms with Gasteiger partial charge in [0.05, 0.1) is 10.7 Å². The van der Waals surface area contributed by atoms with Crippen LogP contribution in [0.1, 0.15) is 27.3 Å². The summed E-state index contributed by atoms with van der Waals surface area (Å²) < 4.78 is 14.9. The number of aryl methyl sites for hydroxylation is 1. The lowest BCUT2D eigenvalue weighted by molar-refractivity contribution is 0.101. The third-order valence-corrected chi connectivity index (χ3v) is 4.27. The first kappa shape index (κ1) is 17.9. The molecule has 3 rings (SSSR count). The topological polar surface area (TPSA) is 46.4 Å². The quantitative estimate of drug-likeness (QED) is 0.644. The number of amides is 1. The maximum Gasteiger partial charge on any atom is 0.270 e. The van der Waals surface area contributed by atoms with Crippen molar-refractivity contribution in [2.75, 3.05) is 5.43 Å². The molecule has 0 aliphatic heterocycles. The van der Waals surface area contributed by atoms with Crippen LogP contribution < -0.4 is 5.43 Å². The van der Waals surface area contributed by atoms with Gasteiger partial charge < -0.3 is 0 Å². The van der Waals surface area contributed by atoms with E-state index < -0.39 is 5.82 Å². The van der Waals surface area contributed by atoms with Crippen molar-refractivity contribution >= 4 is 29.4 Å². The Morgan fingerprint density at radius 3 is 2.58 bits per heavy atom. The maximum atomic E-state index is 13.2. The predicted octanol–water partition coefficient (Wildman–Crippen LogP) is 5.03. The molecule has 26 heavy (non-hydrogen) atoms. The minimum Gasteiger partial charge on any atom is -0.267 e. The van der Waals surface area contributed by atoms with Crippen LogP contribution in [0.2, 0.25) is 5.02 Å². The summed E-state index contributed by atoms with van der Waals surface area (Å²) in [6.45, 7) is 3.78. The molecule has 3 aromatic rings. The van der Waals surface area contributed by atoms with E-state index in [0.29, 0.717) is 11.3 Å². The molecule has 0 saturated heterocycles. The molecule has 0 radical (unpaired) electrons. The molecule has 0 aliphatic rings. The Balaban J connectivity index is 1.82. The van der Waals surface area contributed by atoms with Gasteiger partial charge >= 0.3 is 0 Å². The highest BCUT2D eigenvalue weighted by molar-refractivity contribution is 6.31. The largest absolute Gasteiger partial charge is 0.270 e. The zero-order valence-corrected chi connectivity index (χ0v) is 15.1. The van der Waals surface area contributed by atoms with Crippen LogP contribution in [-0.2, 0) is 0 Å². The number of carbonyl (C=O) groups is 1. The highest BCUT2D eigenvalue weighted by atomic mass is 35.5. The third-order valence-electron chi connectivity index (χ3n) is 3.98. The van der Waals surface area contributed by atoms with Crippen molar-refractivity contribution in [3.63, 3.8) is 0 Å². The fourth-order valence-corrected chi connectivity index (χ4v) is 2.73. The number of nitrogens with zero attached hydrogens (tertiary/aromatic N) is 2. The molecule has 1 amide bonds. The summed E-state index contributed by atoms with van der Waals surface area (Å²) in [6.07, 6.45) is 1.66. The lowest BCUT2D eigenvalue weighted by Gasteiger charge is -2.11. The van der Waals surface area contributed by atoms with Crippen LogP contribution >= 0.6 is 11.6 Å². The van der Waals surface area contributed by atoms with Crippen molar-refractivity contribution in [3.05, 3.63) is 88.0 Å². The maximum absolute atomic E-state index is 13.2. The molecule has 0 saturated carbocycles. The second kappa shape index (κ2) is 7.54. The van der Waals surface area contributed by atoms with E-state index in [1.54, 1.807) is 29.1 Å². The Kier molecular flexibility index (Phi) is 5.19. The SMILES string of the molecule is Cc1cc(C=Nc2ccc(F)c(Cl)c2)c(C)n1NC(=O)c1ccccc1. The minimum atomic E-state index is -0.479. The van der Waals surface area contributed by atoms with Crippen molar-refractivity contribution in [2.24, 2.45) is 4.99 Å². The monoisotopic (exact) mass is 369 g/mol. The first-order valence-corrected chi connectivity index (χ1v) is 8.38. The molecule has 0 fully saturated rings. The number of rotatable bonds is 4. The standard InChI is InChI=1S/C20H17ClFN3O/c1-13-10-16(12-23-17-8-9-19(22)18(21)11-17)14(2)25(13)24-20(26)15-6-4-3-5-7-15/h3-12H,1-2H3,(H,24,26). The zero-order valence-electron chi connectivity index (χ0n) is 14.3. The van der Waals surface area contributed by atoms with Crippen molar-refractivity contribution < 1.29 is 9.18 Å². The average Bonchev–Trinajstić information content (AvgIpc) is 2.91. The number of hydrogen-bond donors (Lipinski definition) is 1. The number of halogens is 2. The second-order valence-corrected chi connectivity index (χ2v) is 6.23. The van der Waals surface area contributed by atoms with Crippen LogP contribution in [0.15, 0.2) is 59.6 Å². The van der Waals surface area contributed by atoms with E-state index in [-0.39, 0.29) is 10.9 Å². The van der Waals surface area contributed by atoms with Crippen LogP contribution in [0.25, 0.3) is 0 Å². The summed E-state index contributed by atoms with van der Waals surface area (Å²) in [7, 11) is 0. The molecule has 0 unspecified atom stereocenters. The molecule has 4 nitrogen and oxygen atoms in total. The lowest BCUT2D eigenvalue weighted by atomic mass is 10.2. The van der Waals surface area contributed by atoms with Crippen molar-refractivity contribution in [3.8, 4) is 0 Å². The Labute approximate surface area is 155 Å². The lowest BCUT2D eigenvalue weighted by Crippen LogP contribution is -2.24. The van der Waals surface area contributed by atoms with Crippen molar-refractivity contribution in [1.82, 2.24) is 4.68 Å². The number of aromatic nitrogens is 1. The van der Waals surface area contributed by atoms with Gasteiger partial charge in [-0.1, -0.05) is 29.8 Å². The minimum absolute atomic E-state index is 0.0280. The number of nitrogens with one attached hydrogen (secondary N) is 1. The van der Waals surface area contributed by atoms with Crippen molar-refractivity contribution in [1.29, 1.82) is 0 Å². The van der Waals surface area contributed by atoms with Gasteiger partial charge in [-0.05, 0) is 50.2 Å². The molecule has 6 heteroatoms. The summed E-state index contributed by atoms with van der Waals surface area (Å²) in [5, 5.41) is 0.0280. The number of benzene rings is 2. The number of carbonyl (C=O) groups excluding carboxylic acids is 1. The van der Waals surface area contributed by atoms with E-state index in [4.69, 9.17) is 11.6 Å². The van der Waals surface area contributed by atoms with Crippen LogP contribution in [0.4, 0.5) is 10.1 Å². The third kappa shape index (κ3) is 3.83. The zero-order chi connectivity index (χ0) is 18.7. The molecular formula is C20H17ClFN3O. The predicted molar refractivity (Wildman–Crippen MR) is 103 cm³/mol. The summed E-state index contributed by atoms with van der Waals surface area (Å²) in [4.78, 5) is 16.7. The van der Waals surface area contributed by atoms with Gasteiger partial charge in [-0.3, -0.25) is 19.9 Å². The van der Waals surface area contributed by atoms with Gasteiger partial charge in [0.2, 0.25) is 0 Å². The molecule has 0 bridgehead atoms. The van der Waals surface area contributed by atoms with Gasteiger partial charge in [0, 0.05) is 28.7 Å². The fourth-order valence-electron chi connectivity index (χ4n) is 2.56. The van der Waals surface area contributed by atoms with Gasteiger partial charge in [0.1, 0.15) is 5.82 Å². The molecule has 2 aromatic carbocycles. The van der Waals surface area contributed by atoms with E-state index >= 15 is 0 Å². The number of hydrogen-bond acceptors (Lipinski definition) is 2. The first-order valence-electron chi connectivity index (χ1n) is 8.00. The fraction of sp³-hybridized carbons (Fsp3) is 0.100. The second-order valence-electron chi connectivity index (χ2n) is 5.83. The van der Waals surface area contributed by atoms with E-state index in [9.17, 15) is 9.18 Å². The molecule has 132 valence electrons. The van der Waals surface area contributed by atoms with E-state index in [1.165, 1.54) is 12.1 Å². The highest BCUT2D eigenvalue weighted by Gasteiger charge is 2.11. The molecule has 0 spiro atoms. The van der Waals surface area contributed by atoms with Gasteiger partial charge in [0.25, 0.3) is 5.91 Å². The van der Waals surface area contributed by atoms with Gasteiger partial charge in [-0.25, -0.2) is 4.39 Å². The molecule has 1 heterocycles. The van der Waals surface area contributed by atoms with Crippen molar-refractivity contribution in [2.45, 2.75) is 13.8 Å². The van der Waals surface area contributed by atoms with Crippen LogP contribution in [0, 0.1) is 19.7 Å². The Hall–Kier alpha value is -2.92. The van der Waals surface area contributed by atoms with E-state index in [1.807, 2.05) is 38.1 Å². The van der Waals surface area contributed by atoms with Crippen LogP contribution in [-0.4, -0.2) is 16.8 Å². The average molecular weight is 370 g/mol. The smallest absolute Gasteiger partial charge is 0.267 e. The highest BCUT2D eigenvalue weighted by Crippen LogP contribution is 2.22. The number of aliphatic imine (C=N–C) groups is 1. The summed E-state index contributed by atoms with van der Waals surface area (Å²) in [5.41, 5.74) is 6.55. The Bertz CT molecular complexity index is 980. The molecule has 0 atom stereocenters. The van der Waals surface area contributed by atoms with Gasteiger partial charge in [-0.2, -0.15) is 0 Å². The van der Waals surface area contributed by atoms with E-state index in [0.717, 1.165) is 17.0 Å². The molecular weight excluding hydrogens is 353 g/mol. The first-order chi connectivity index (χ1) is 12.5. The summed E-state index contributed by atoms with van der Waals surface area (Å²) in [5.74, 6) is -0.673. The Morgan fingerprint density at radius 1 is 1.15 bits per heavy atom. The molecule has 1 aromatic heterocycles.